The van der Waals surface area contributed by atoms with Crippen molar-refractivity contribution in [2.75, 3.05) is 0 Å². The Balaban J connectivity index is 1.60. The lowest BCUT2D eigenvalue weighted by Crippen LogP contribution is -2.38. The molecule has 168 valence electrons. The molecular formula is C27H26N2O3S. The van der Waals surface area contributed by atoms with Crippen LogP contribution in [0.5, 0.6) is 0 Å². The lowest BCUT2D eigenvalue weighted by molar-refractivity contribution is -0.131. The third kappa shape index (κ3) is 3.78. The highest BCUT2D eigenvalue weighted by molar-refractivity contribution is 7.17. The molecule has 0 radical (unpaired) electrons. The van der Waals surface area contributed by atoms with E-state index in [0.29, 0.717) is 10.6 Å². The van der Waals surface area contributed by atoms with Gasteiger partial charge in [0.05, 0.1) is 22.2 Å². The second-order valence-electron chi connectivity index (χ2n) is 8.86. The molecule has 5 rings (SSSR count). The number of benzene rings is 2. The van der Waals surface area contributed by atoms with Crippen LogP contribution in [0.1, 0.15) is 58.2 Å². The molecule has 6 heteroatoms. The quantitative estimate of drug-likeness (QED) is 0.480. The van der Waals surface area contributed by atoms with Gasteiger partial charge in [0.15, 0.2) is 5.76 Å². The second kappa shape index (κ2) is 8.60. The minimum atomic E-state index is -0.588. The molecule has 0 bridgehead atoms. The Morgan fingerprint density at radius 1 is 1.06 bits per heavy atom. The number of aryl methyl sites for hydroxylation is 2. The molecule has 1 unspecified atom stereocenters. The van der Waals surface area contributed by atoms with Crippen molar-refractivity contribution in [3.8, 4) is 10.6 Å². The van der Waals surface area contributed by atoms with Crippen molar-refractivity contribution in [1.29, 1.82) is 0 Å². The summed E-state index contributed by atoms with van der Waals surface area (Å²) >= 11 is 1.31. The predicted molar refractivity (Wildman–Crippen MR) is 129 cm³/mol. The van der Waals surface area contributed by atoms with Gasteiger partial charge in [-0.05, 0) is 32.3 Å². The first kappa shape index (κ1) is 21.6. The van der Waals surface area contributed by atoms with Crippen LogP contribution in [0.25, 0.3) is 10.6 Å². The smallest absolute Gasteiger partial charge is 0.290 e. The van der Waals surface area contributed by atoms with Gasteiger partial charge in [0.25, 0.3) is 5.91 Å². The van der Waals surface area contributed by atoms with E-state index < -0.39 is 17.7 Å². The third-order valence-corrected chi connectivity index (χ3v) is 7.79. The normalized spacial score (nSPS) is 19.0. The Kier molecular flexibility index (Phi) is 5.62. The van der Waals surface area contributed by atoms with Crippen molar-refractivity contribution in [3.63, 3.8) is 0 Å². The number of aliphatic hydroxyl groups excluding tert-OH is 1. The molecule has 3 aromatic rings. The molecule has 2 heterocycles. The van der Waals surface area contributed by atoms with E-state index >= 15 is 0 Å². The van der Waals surface area contributed by atoms with Gasteiger partial charge < -0.3 is 10.0 Å². The number of hydrogen-bond donors (Lipinski definition) is 1. The lowest BCUT2D eigenvalue weighted by atomic mass is 9.93. The largest absolute Gasteiger partial charge is 0.503 e. The summed E-state index contributed by atoms with van der Waals surface area (Å²) in [6, 6.07) is 17.0. The molecule has 5 nitrogen and oxygen atoms in total. The Morgan fingerprint density at radius 3 is 2.48 bits per heavy atom. The monoisotopic (exact) mass is 458 g/mol. The number of hydrogen-bond acceptors (Lipinski definition) is 5. The highest BCUT2D eigenvalue weighted by Crippen LogP contribution is 2.44. The number of thiazole rings is 1. The van der Waals surface area contributed by atoms with Gasteiger partial charge in [-0.2, -0.15) is 0 Å². The summed E-state index contributed by atoms with van der Waals surface area (Å²) in [5, 5.41) is 11.7. The number of aromatic nitrogens is 1. The SMILES string of the molecule is Cc1cccc(C2C(C(=O)c3sc(-c4ccccc4)nc3C)=C(O)C(=O)N2C2CCCC2)c1. The Hall–Kier alpha value is -3.25. The molecule has 0 saturated heterocycles. The topological polar surface area (TPSA) is 70.5 Å². The minimum Gasteiger partial charge on any atom is -0.503 e. The van der Waals surface area contributed by atoms with Crippen LogP contribution in [-0.4, -0.2) is 32.7 Å². The molecular weight excluding hydrogens is 432 g/mol. The number of carbonyl (C=O) groups excluding carboxylic acids is 2. The predicted octanol–water partition coefficient (Wildman–Crippen LogP) is 5.95. The average Bonchev–Trinajstić information content (AvgIpc) is 3.53. The molecule has 1 saturated carbocycles. The van der Waals surface area contributed by atoms with E-state index in [1.807, 2.05) is 61.5 Å². The number of aliphatic hydroxyl groups is 1. The zero-order valence-electron chi connectivity index (χ0n) is 18.7. The lowest BCUT2D eigenvalue weighted by Gasteiger charge is -2.32. The van der Waals surface area contributed by atoms with E-state index in [4.69, 9.17) is 0 Å². The molecule has 1 aliphatic heterocycles. The highest BCUT2D eigenvalue weighted by atomic mass is 32.1. The van der Waals surface area contributed by atoms with Gasteiger partial charge in [0, 0.05) is 11.6 Å². The Labute approximate surface area is 197 Å². The number of carbonyl (C=O) groups is 2. The van der Waals surface area contributed by atoms with Crippen molar-refractivity contribution in [2.45, 2.75) is 51.6 Å². The minimum absolute atomic E-state index is 0.0258. The fourth-order valence-electron chi connectivity index (χ4n) is 5.02. The first-order valence-electron chi connectivity index (χ1n) is 11.4. The zero-order valence-corrected chi connectivity index (χ0v) is 19.6. The highest BCUT2D eigenvalue weighted by Gasteiger charge is 2.47. The van der Waals surface area contributed by atoms with E-state index in [9.17, 15) is 14.7 Å². The number of ketones is 1. The summed E-state index contributed by atoms with van der Waals surface area (Å²) < 4.78 is 0. The van der Waals surface area contributed by atoms with Gasteiger partial charge >= 0.3 is 0 Å². The van der Waals surface area contributed by atoms with E-state index in [0.717, 1.165) is 47.4 Å². The van der Waals surface area contributed by atoms with Crippen LogP contribution in [0.15, 0.2) is 65.9 Å². The van der Waals surface area contributed by atoms with E-state index in [1.54, 1.807) is 11.8 Å². The van der Waals surface area contributed by atoms with Crippen molar-refractivity contribution in [1.82, 2.24) is 9.88 Å². The Morgan fingerprint density at radius 2 is 1.79 bits per heavy atom. The summed E-state index contributed by atoms with van der Waals surface area (Å²) in [7, 11) is 0. The number of amides is 1. The fourth-order valence-corrected chi connectivity index (χ4v) is 6.04. The van der Waals surface area contributed by atoms with E-state index in [2.05, 4.69) is 4.98 Å². The third-order valence-electron chi connectivity index (χ3n) is 6.59. The summed E-state index contributed by atoms with van der Waals surface area (Å²) in [5.74, 6) is -1.18. The fraction of sp³-hybridized carbons (Fsp3) is 0.296. The van der Waals surface area contributed by atoms with Gasteiger partial charge in [-0.25, -0.2) is 4.98 Å². The molecule has 1 fully saturated rings. The maximum absolute atomic E-state index is 13.9. The van der Waals surface area contributed by atoms with Crippen molar-refractivity contribution < 1.29 is 14.7 Å². The molecule has 33 heavy (non-hydrogen) atoms. The molecule has 0 spiro atoms. The van der Waals surface area contributed by atoms with Gasteiger partial charge in [-0.15, -0.1) is 11.3 Å². The van der Waals surface area contributed by atoms with Crippen molar-refractivity contribution in [2.24, 2.45) is 0 Å². The van der Waals surface area contributed by atoms with E-state index in [1.165, 1.54) is 11.3 Å². The van der Waals surface area contributed by atoms with Crippen LogP contribution in [0.2, 0.25) is 0 Å². The summed E-state index contributed by atoms with van der Waals surface area (Å²) in [6.07, 6.45) is 3.88. The summed E-state index contributed by atoms with van der Waals surface area (Å²) in [4.78, 5) is 34.0. The van der Waals surface area contributed by atoms with Crippen LogP contribution in [0.3, 0.4) is 0 Å². The van der Waals surface area contributed by atoms with Crippen LogP contribution in [-0.2, 0) is 4.79 Å². The van der Waals surface area contributed by atoms with Gasteiger partial charge in [-0.3, -0.25) is 9.59 Å². The molecule has 1 aliphatic carbocycles. The van der Waals surface area contributed by atoms with Gasteiger partial charge in [0.2, 0.25) is 5.78 Å². The number of nitrogens with zero attached hydrogens (tertiary/aromatic N) is 2. The molecule has 2 aromatic carbocycles. The Bertz CT molecular complexity index is 1260. The second-order valence-corrected chi connectivity index (χ2v) is 9.86. The van der Waals surface area contributed by atoms with Gasteiger partial charge in [-0.1, -0.05) is 73.0 Å². The molecule has 2 aliphatic rings. The molecule has 1 aromatic heterocycles. The summed E-state index contributed by atoms with van der Waals surface area (Å²) in [6.45, 7) is 3.80. The first-order valence-corrected chi connectivity index (χ1v) is 12.2. The average molecular weight is 459 g/mol. The first-order chi connectivity index (χ1) is 16.0. The van der Waals surface area contributed by atoms with Crippen LogP contribution < -0.4 is 0 Å². The maximum Gasteiger partial charge on any atom is 0.290 e. The molecule has 1 amide bonds. The van der Waals surface area contributed by atoms with Crippen molar-refractivity contribution in [3.05, 3.63) is 87.6 Å². The summed E-state index contributed by atoms with van der Waals surface area (Å²) in [5.41, 5.74) is 3.62. The van der Waals surface area contributed by atoms with E-state index in [-0.39, 0.29) is 17.4 Å². The van der Waals surface area contributed by atoms with Gasteiger partial charge in [0.1, 0.15) is 5.01 Å². The maximum atomic E-state index is 13.9. The molecule has 1 N–H and O–H groups in total. The van der Waals surface area contributed by atoms with Crippen LogP contribution in [0.4, 0.5) is 0 Å². The standard InChI is InChI=1S/C27H26N2O3S/c1-16-9-8-12-19(15-16)22-21(24(31)27(32)29(22)20-13-6-7-14-20)23(30)25-17(2)28-26(33-25)18-10-4-3-5-11-18/h3-5,8-12,15,20,22,31H,6-7,13-14H2,1-2H3. The zero-order chi connectivity index (χ0) is 23.1. The van der Waals surface area contributed by atoms with Crippen LogP contribution in [0, 0.1) is 13.8 Å². The molecule has 1 atom stereocenters. The number of Topliss-reactive ketones (excluding diaryl/α,β-unsaturated/α-hetero) is 1. The number of rotatable bonds is 5. The van der Waals surface area contributed by atoms with Crippen molar-refractivity contribution >= 4 is 23.0 Å². The van der Waals surface area contributed by atoms with Crippen LogP contribution >= 0.6 is 11.3 Å².